The highest BCUT2D eigenvalue weighted by Crippen LogP contribution is 2.33. The van der Waals surface area contributed by atoms with Crippen LogP contribution in [0.5, 0.6) is 0 Å². The molecule has 0 bridgehead atoms. The first-order valence-corrected chi connectivity index (χ1v) is 9.17. The van der Waals surface area contributed by atoms with E-state index in [1.165, 1.54) is 0 Å². The van der Waals surface area contributed by atoms with E-state index in [-0.39, 0.29) is 0 Å². The quantitative estimate of drug-likeness (QED) is 0.715. The van der Waals surface area contributed by atoms with Crippen LogP contribution in [-0.2, 0) is 0 Å². The lowest BCUT2D eigenvalue weighted by atomic mass is 9.98. The molecule has 26 heavy (non-hydrogen) atoms. The van der Waals surface area contributed by atoms with Gasteiger partial charge in [0, 0.05) is 29.5 Å². The molecule has 0 spiro atoms. The number of benzene rings is 2. The zero-order chi connectivity index (χ0) is 17.9. The van der Waals surface area contributed by atoms with Crippen LogP contribution < -0.4 is 10.6 Å². The molecule has 0 atom stereocenters. The van der Waals surface area contributed by atoms with Gasteiger partial charge in [0.1, 0.15) is 6.07 Å². The molecule has 1 saturated heterocycles. The SMILES string of the molecule is N#Cc1cc(-c2cc(NC3CCNCC3)c3cnccc3c2)ccc1Cl. The molecule has 130 valence electrons. The summed E-state index contributed by atoms with van der Waals surface area (Å²) in [7, 11) is 0. The van der Waals surface area contributed by atoms with Crippen molar-refractivity contribution in [3.8, 4) is 17.2 Å². The summed E-state index contributed by atoms with van der Waals surface area (Å²) in [6.07, 6.45) is 5.92. The van der Waals surface area contributed by atoms with Crippen LogP contribution in [0.2, 0.25) is 5.02 Å². The fourth-order valence-corrected chi connectivity index (χ4v) is 3.62. The second-order valence-electron chi connectivity index (χ2n) is 6.60. The van der Waals surface area contributed by atoms with Crippen LogP contribution in [-0.4, -0.2) is 24.1 Å². The summed E-state index contributed by atoms with van der Waals surface area (Å²) >= 11 is 6.09. The van der Waals surface area contributed by atoms with Crippen molar-refractivity contribution >= 4 is 28.1 Å². The smallest absolute Gasteiger partial charge is 0.101 e. The van der Waals surface area contributed by atoms with Gasteiger partial charge in [-0.1, -0.05) is 17.7 Å². The fraction of sp³-hybridized carbons (Fsp3) is 0.238. The molecule has 2 aromatic carbocycles. The highest BCUT2D eigenvalue weighted by molar-refractivity contribution is 6.31. The van der Waals surface area contributed by atoms with Gasteiger partial charge in [0.15, 0.2) is 0 Å². The van der Waals surface area contributed by atoms with Gasteiger partial charge in [0.05, 0.1) is 10.6 Å². The Hall–Kier alpha value is -2.61. The van der Waals surface area contributed by atoms with Crippen molar-refractivity contribution in [2.75, 3.05) is 18.4 Å². The Kier molecular flexibility index (Phi) is 4.75. The van der Waals surface area contributed by atoms with E-state index in [0.717, 1.165) is 53.5 Å². The summed E-state index contributed by atoms with van der Waals surface area (Å²) < 4.78 is 0. The lowest BCUT2D eigenvalue weighted by Gasteiger charge is -2.25. The second-order valence-corrected chi connectivity index (χ2v) is 7.00. The van der Waals surface area contributed by atoms with Crippen LogP contribution in [0.4, 0.5) is 5.69 Å². The zero-order valence-electron chi connectivity index (χ0n) is 14.3. The van der Waals surface area contributed by atoms with Gasteiger partial charge in [-0.15, -0.1) is 0 Å². The van der Waals surface area contributed by atoms with Crippen molar-refractivity contribution < 1.29 is 0 Å². The minimum atomic E-state index is 0.454. The molecule has 2 heterocycles. The summed E-state index contributed by atoms with van der Waals surface area (Å²) in [6, 6.07) is 14.5. The number of nitrogens with one attached hydrogen (secondary N) is 2. The number of fused-ring (bicyclic) bond motifs is 1. The lowest BCUT2D eigenvalue weighted by Crippen LogP contribution is -2.35. The van der Waals surface area contributed by atoms with Crippen molar-refractivity contribution in [1.82, 2.24) is 10.3 Å². The van der Waals surface area contributed by atoms with Crippen molar-refractivity contribution in [2.45, 2.75) is 18.9 Å². The number of nitrogens with zero attached hydrogens (tertiary/aromatic N) is 2. The molecule has 1 aromatic heterocycles. The summed E-state index contributed by atoms with van der Waals surface area (Å²) in [6.45, 7) is 2.08. The number of hydrogen-bond donors (Lipinski definition) is 2. The van der Waals surface area contributed by atoms with Crippen molar-refractivity contribution in [3.05, 3.63) is 59.4 Å². The summed E-state index contributed by atoms with van der Waals surface area (Å²) in [5, 5.41) is 19.1. The first-order valence-electron chi connectivity index (χ1n) is 8.79. The van der Waals surface area contributed by atoms with E-state index < -0.39 is 0 Å². The van der Waals surface area contributed by atoms with Crippen LogP contribution in [0.15, 0.2) is 48.8 Å². The largest absolute Gasteiger partial charge is 0.382 e. The van der Waals surface area contributed by atoms with Crippen LogP contribution in [0.25, 0.3) is 21.9 Å². The molecule has 0 unspecified atom stereocenters. The molecular formula is C21H19ClN4. The van der Waals surface area contributed by atoms with Crippen molar-refractivity contribution in [3.63, 3.8) is 0 Å². The number of pyridine rings is 1. The second kappa shape index (κ2) is 7.33. The Morgan fingerprint density at radius 3 is 2.77 bits per heavy atom. The van der Waals surface area contributed by atoms with Crippen molar-refractivity contribution in [1.29, 1.82) is 5.26 Å². The molecule has 1 aliphatic heterocycles. The highest BCUT2D eigenvalue weighted by Gasteiger charge is 2.15. The van der Waals surface area contributed by atoms with Gasteiger partial charge in [-0.2, -0.15) is 5.26 Å². The fourth-order valence-electron chi connectivity index (χ4n) is 3.46. The maximum atomic E-state index is 9.27. The predicted octanol–water partition coefficient (Wildman–Crippen LogP) is 4.59. The van der Waals surface area contributed by atoms with Gasteiger partial charge in [-0.3, -0.25) is 4.98 Å². The number of nitriles is 1. The molecule has 4 rings (SSSR count). The summed E-state index contributed by atoms with van der Waals surface area (Å²) in [5.41, 5.74) is 3.63. The lowest BCUT2D eigenvalue weighted by molar-refractivity contribution is 0.479. The number of anilines is 1. The number of piperidine rings is 1. The maximum absolute atomic E-state index is 9.27. The Balaban J connectivity index is 1.79. The van der Waals surface area contributed by atoms with Crippen molar-refractivity contribution in [2.24, 2.45) is 0 Å². The Morgan fingerprint density at radius 2 is 1.96 bits per heavy atom. The van der Waals surface area contributed by atoms with Crippen LogP contribution in [0.3, 0.4) is 0 Å². The third-order valence-electron chi connectivity index (χ3n) is 4.87. The van der Waals surface area contributed by atoms with Gasteiger partial charge >= 0.3 is 0 Å². The first kappa shape index (κ1) is 16.8. The van der Waals surface area contributed by atoms with Crippen LogP contribution in [0, 0.1) is 11.3 Å². The molecule has 4 nitrogen and oxygen atoms in total. The topological polar surface area (TPSA) is 60.7 Å². The molecule has 2 N–H and O–H groups in total. The average molecular weight is 363 g/mol. The van der Waals surface area contributed by atoms with Gasteiger partial charge < -0.3 is 10.6 Å². The maximum Gasteiger partial charge on any atom is 0.101 e. The third-order valence-corrected chi connectivity index (χ3v) is 5.20. The average Bonchev–Trinajstić information content (AvgIpc) is 2.69. The molecule has 3 aromatic rings. The van der Waals surface area contributed by atoms with E-state index in [0.29, 0.717) is 16.6 Å². The summed E-state index contributed by atoms with van der Waals surface area (Å²) in [5.74, 6) is 0. The van der Waals surface area contributed by atoms with Gasteiger partial charge in [-0.25, -0.2) is 0 Å². The molecular weight excluding hydrogens is 344 g/mol. The van der Waals surface area contributed by atoms with Gasteiger partial charge in [-0.05, 0) is 72.8 Å². The van der Waals surface area contributed by atoms with Crippen LogP contribution in [0.1, 0.15) is 18.4 Å². The van der Waals surface area contributed by atoms with E-state index >= 15 is 0 Å². The number of aromatic nitrogens is 1. The molecule has 5 heteroatoms. The highest BCUT2D eigenvalue weighted by atomic mass is 35.5. The van der Waals surface area contributed by atoms with E-state index in [1.54, 1.807) is 6.07 Å². The monoisotopic (exact) mass is 362 g/mol. The minimum Gasteiger partial charge on any atom is -0.382 e. The number of hydrogen-bond acceptors (Lipinski definition) is 4. The molecule has 1 aliphatic rings. The first-order chi connectivity index (χ1) is 12.7. The Bertz CT molecular complexity index is 987. The molecule has 0 aliphatic carbocycles. The zero-order valence-corrected chi connectivity index (χ0v) is 15.1. The van der Waals surface area contributed by atoms with Gasteiger partial charge in [0.25, 0.3) is 0 Å². The molecule has 0 radical (unpaired) electrons. The summed E-state index contributed by atoms with van der Waals surface area (Å²) in [4.78, 5) is 4.30. The normalized spacial score (nSPS) is 14.9. The number of rotatable bonds is 3. The van der Waals surface area contributed by atoms with Gasteiger partial charge in [0.2, 0.25) is 0 Å². The van der Waals surface area contributed by atoms with E-state index in [4.69, 9.17) is 11.6 Å². The Labute approximate surface area is 157 Å². The molecule has 0 amide bonds. The van der Waals surface area contributed by atoms with E-state index in [1.807, 2.05) is 30.6 Å². The van der Waals surface area contributed by atoms with E-state index in [9.17, 15) is 5.26 Å². The Morgan fingerprint density at radius 1 is 1.12 bits per heavy atom. The number of halogens is 1. The predicted molar refractivity (Wildman–Crippen MR) is 106 cm³/mol. The third kappa shape index (κ3) is 3.37. The van der Waals surface area contributed by atoms with Crippen LogP contribution >= 0.6 is 11.6 Å². The minimum absolute atomic E-state index is 0.454. The van der Waals surface area contributed by atoms with E-state index in [2.05, 4.69) is 33.8 Å². The molecule has 0 saturated carbocycles. The molecule has 1 fully saturated rings. The standard InChI is InChI=1S/C21H19ClN4/c22-20-2-1-14(9-17(20)12-23)16-10-15-3-6-25-13-19(15)21(11-16)26-18-4-7-24-8-5-18/h1-3,6,9-11,13,18,24,26H,4-5,7-8H2.